The lowest BCUT2D eigenvalue weighted by Crippen LogP contribution is -2.32. The summed E-state index contributed by atoms with van der Waals surface area (Å²) in [5.74, 6) is 2.11. The Labute approximate surface area is 69.7 Å². The minimum Gasteiger partial charge on any atom is -0.0769 e. The highest BCUT2D eigenvalue weighted by Crippen LogP contribution is 2.49. The van der Waals surface area contributed by atoms with Gasteiger partial charge in [0.25, 0.3) is 0 Å². The second-order valence-electron chi connectivity index (χ2n) is 4.38. The van der Waals surface area contributed by atoms with E-state index in [9.17, 15) is 0 Å². The molecule has 11 heavy (non-hydrogen) atoms. The fraction of sp³-hybridized carbons (Fsp3) is 0.818. The van der Waals surface area contributed by atoms with Crippen LogP contribution in [-0.2, 0) is 0 Å². The van der Waals surface area contributed by atoms with E-state index in [0.29, 0.717) is 0 Å². The maximum absolute atomic E-state index is 2.28. The van der Waals surface area contributed by atoms with Crippen LogP contribution in [0.15, 0.2) is 11.1 Å². The van der Waals surface area contributed by atoms with Crippen molar-refractivity contribution < 1.29 is 0 Å². The normalized spacial score (nSPS) is 36.0. The van der Waals surface area contributed by atoms with Gasteiger partial charge in [-0.1, -0.05) is 24.0 Å². The average molecular weight is 150 g/mol. The molecule has 2 aliphatic carbocycles. The first-order valence-corrected chi connectivity index (χ1v) is 4.95. The second-order valence-corrected chi connectivity index (χ2v) is 4.38. The number of rotatable bonds is 0. The van der Waals surface area contributed by atoms with Gasteiger partial charge in [-0.05, 0) is 44.9 Å². The van der Waals surface area contributed by atoms with Crippen molar-refractivity contribution in [1.29, 1.82) is 0 Å². The van der Waals surface area contributed by atoms with E-state index in [2.05, 4.69) is 13.8 Å². The van der Waals surface area contributed by atoms with Gasteiger partial charge in [-0.2, -0.15) is 0 Å². The number of allylic oxidation sites excluding steroid dienone is 2. The third kappa shape index (κ3) is 1.13. The molecule has 2 saturated carbocycles. The van der Waals surface area contributed by atoms with Crippen molar-refractivity contribution in [1.82, 2.24) is 0 Å². The summed E-state index contributed by atoms with van der Waals surface area (Å²) in [7, 11) is 0. The molecule has 0 amide bonds. The third-order valence-electron chi connectivity index (χ3n) is 3.48. The van der Waals surface area contributed by atoms with Gasteiger partial charge in [-0.25, -0.2) is 0 Å². The van der Waals surface area contributed by atoms with Crippen LogP contribution in [0, 0.1) is 11.8 Å². The number of fused-ring (bicyclic) bond motifs is 1. The Morgan fingerprint density at radius 1 is 1.18 bits per heavy atom. The van der Waals surface area contributed by atoms with E-state index in [1.807, 2.05) is 0 Å². The molecule has 0 N–H and O–H groups in total. The minimum atomic E-state index is 1.02. The summed E-state index contributed by atoms with van der Waals surface area (Å²) in [5, 5.41) is 0. The fourth-order valence-corrected chi connectivity index (χ4v) is 2.76. The van der Waals surface area contributed by atoms with E-state index in [1.54, 1.807) is 11.1 Å². The molecule has 0 heteroatoms. The van der Waals surface area contributed by atoms with Gasteiger partial charge in [0.2, 0.25) is 0 Å². The monoisotopic (exact) mass is 150 g/mol. The molecule has 2 rings (SSSR count). The van der Waals surface area contributed by atoms with Gasteiger partial charge in [-0.15, -0.1) is 0 Å². The summed E-state index contributed by atoms with van der Waals surface area (Å²) >= 11 is 0. The molecule has 62 valence electrons. The van der Waals surface area contributed by atoms with E-state index >= 15 is 0 Å². The van der Waals surface area contributed by atoms with Crippen LogP contribution < -0.4 is 0 Å². The summed E-state index contributed by atoms with van der Waals surface area (Å²) in [6, 6.07) is 0. The summed E-state index contributed by atoms with van der Waals surface area (Å²) in [6.07, 6.45) is 7.43. The van der Waals surface area contributed by atoms with Crippen LogP contribution in [0.5, 0.6) is 0 Å². The highest BCUT2D eigenvalue weighted by molar-refractivity contribution is 5.23. The Morgan fingerprint density at radius 3 is 2.55 bits per heavy atom. The summed E-state index contributed by atoms with van der Waals surface area (Å²) in [5.41, 5.74) is 3.41. The van der Waals surface area contributed by atoms with E-state index < -0.39 is 0 Å². The molecule has 0 aromatic rings. The molecule has 0 heterocycles. The van der Waals surface area contributed by atoms with Crippen molar-refractivity contribution in [3.05, 3.63) is 11.1 Å². The molecular formula is C11H18. The van der Waals surface area contributed by atoms with E-state index in [0.717, 1.165) is 11.8 Å². The van der Waals surface area contributed by atoms with Crippen LogP contribution >= 0.6 is 0 Å². The molecule has 0 spiro atoms. The van der Waals surface area contributed by atoms with Gasteiger partial charge in [0.15, 0.2) is 0 Å². The maximum Gasteiger partial charge on any atom is -0.0169 e. The van der Waals surface area contributed by atoms with Crippen LogP contribution in [0.3, 0.4) is 0 Å². The lowest BCUT2D eigenvalue weighted by Gasteiger charge is -2.44. The average Bonchev–Trinajstić information content (AvgIpc) is 1.90. The van der Waals surface area contributed by atoms with E-state index in [-0.39, 0.29) is 0 Å². The van der Waals surface area contributed by atoms with Gasteiger partial charge in [0.05, 0.1) is 0 Å². The first kappa shape index (κ1) is 7.39. The predicted molar refractivity (Wildman–Crippen MR) is 48.4 cm³/mol. The van der Waals surface area contributed by atoms with Gasteiger partial charge >= 0.3 is 0 Å². The van der Waals surface area contributed by atoms with Gasteiger partial charge < -0.3 is 0 Å². The molecule has 0 unspecified atom stereocenters. The Kier molecular flexibility index (Phi) is 1.78. The predicted octanol–water partition coefficient (Wildman–Crippen LogP) is 3.53. The molecule has 0 nitrogen and oxygen atoms in total. The molecule has 2 fully saturated rings. The number of hydrogen-bond acceptors (Lipinski definition) is 0. The molecule has 0 bridgehead atoms. The van der Waals surface area contributed by atoms with Crippen molar-refractivity contribution in [3.8, 4) is 0 Å². The molecule has 0 aromatic carbocycles. The Morgan fingerprint density at radius 2 is 1.91 bits per heavy atom. The lowest BCUT2D eigenvalue weighted by atomic mass is 9.61. The molecule has 2 aliphatic rings. The van der Waals surface area contributed by atoms with Crippen molar-refractivity contribution in [3.63, 3.8) is 0 Å². The minimum absolute atomic E-state index is 1.02. The van der Waals surface area contributed by atoms with Crippen LogP contribution in [0.1, 0.15) is 46.0 Å². The highest BCUT2D eigenvalue weighted by Gasteiger charge is 2.37. The topological polar surface area (TPSA) is 0 Å². The second kappa shape index (κ2) is 2.66. The Hall–Kier alpha value is -0.260. The molecule has 0 radical (unpaired) electrons. The van der Waals surface area contributed by atoms with Crippen LogP contribution in [0.2, 0.25) is 0 Å². The largest absolute Gasteiger partial charge is 0.0769 e. The zero-order valence-corrected chi connectivity index (χ0v) is 7.69. The van der Waals surface area contributed by atoms with Crippen LogP contribution in [0.4, 0.5) is 0 Å². The summed E-state index contributed by atoms with van der Waals surface area (Å²) in [6.45, 7) is 4.56. The maximum atomic E-state index is 2.28. The SMILES string of the molecule is CC(C)=C1C[C@@H]2CCCC[C@H]12. The van der Waals surface area contributed by atoms with Gasteiger partial charge in [0, 0.05) is 0 Å². The molecular weight excluding hydrogens is 132 g/mol. The van der Waals surface area contributed by atoms with E-state index in [4.69, 9.17) is 0 Å². The van der Waals surface area contributed by atoms with E-state index in [1.165, 1.54) is 32.1 Å². The van der Waals surface area contributed by atoms with Crippen molar-refractivity contribution in [2.75, 3.05) is 0 Å². The third-order valence-corrected chi connectivity index (χ3v) is 3.48. The number of hydrogen-bond donors (Lipinski definition) is 0. The molecule has 0 saturated heterocycles. The zero-order valence-electron chi connectivity index (χ0n) is 7.69. The van der Waals surface area contributed by atoms with Gasteiger partial charge in [0.1, 0.15) is 0 Å². The smallest absolute Gasteiger partial charge is 0.0169 e. The standard InChI is InChI=1S/C11H18/c1-8(2)11-7-9-5-3-4-6-10(9)11/h9-10H,3-7H2,1-2H3/t9-,10-/m0/s1. The van der Waals surface area contributed by atoms with Crippen LogP contribution in [-0.4, -0.2) is 0 Å². The quantitative estimate of drug-likeness (QED) is 0.463. The van der Waals surface area contributed by atoms with Crippen LogP contribution in [0.25, 0.3) is 0 Å². The summed E-state index contributed by atoms with van der Waals surface area (Å²) in [4.78, 5) is 0. The summed E-state index contributed by atoms with van der Waals surface area (Å²) < 4.78 is 0. The lowest BCUT2D eigenvalue weighted by molar-refractivity contribution is 0.191. The molecule has 2 atom stereocenters. The molecule has 0 aromatic heterocycles. The van der Waals surface area contributed by atoms with Crippen molar-refractivity contribution in [2.45, 2.75) is 46.0 Å². The zero-order chi connectivity index (χ0) is 7.84. The van der Waals surface area contributed by atoms with Crippen molar-refractivity contribution >= 4 is 0 Å². The highest BCUT2D eigenvalue weighted by atomic mass is 14.4. The first-order chi connectivity index (χ1) is 5.29. The van der Waals surface area contributed by atoms with Crippen molar-refractivity contribution in [2.24, 2.45) is 11.8 Å². The van der Waals surface area contributed by atoms with Gasteiger partial charge in [-0.3, -0.25) is 0 Å². The Balaban J connectivity index is 2.07. The fourth-order valence-electron chi connectivity index (χ4n) is 2.76. The first-order valence-electron chi connectivity index (χ1n) is 4.95. The molecule has 0 aliphatic heterocycles. The Bertz CT molecular complexity index is 184.